The van der Waals surface area contributed by atoms with Crippen LogP contribution in [0.2, 0.25) is 0 Å². The summed E-state index contributed by atoms with van der Waals surface area (Å²) in [5, 5.41) is 23.1. The van der Waals surface area contributed by atoms with Crippen LogP contribution in [0.5, 0.6) is 0 Å². The smallest absolute Gasteiger partial charge is 0.305 e. The van der Waals surface area contributed by atoms with E-state index in [1.54, 1.807) is 6.08 Å². The van der Waals surface area contributed by atoms with Crippen molar-refractivity contribution in [2.75, 3.05) is 13.2 Å². The second-order valence-electron chi connectivity index (χ2n) is 23.5. The molecule has 440 valence electrons. The van der Waals surface area contributed by atoms with E-state index in [2.05, 4.69) is 19.2 Å². The van der Waals surface area contributed by atoms with Crippen LogP contribution in [-0.4, -0.2) is 47.4 Å². The molecule has 3 N–H and O–H groups in total. The van der Waals surface area contributed by atoms with Gasteiger partial charge < -0.3 is 20.3 Å². The second kappa shape index (κ2) is 64.1. The van der Waals surface area contributed by atoms with Crippen LogP contribution < -0.4 is 5.32 Å². The predicted octanol–water partition coefficient (Wildman–Crippen LogP) is 21.6. The molecule has 0 aliphatic rings. The van der Waals surface area contributed by atoms with Crippen LogP contribution in [-0.2, 0) is 14.3 Å². The van der Waals surface area contributed by atoms with Gasteiger partial charge in [0.15, 0.2) is 0 Å². The van der Waals surface area contributed by atoms with Gasteiger partial charge in [-0.3, -0.25) is 9.59 Å². The lowest BCUT2D eigenvalue weighted by Crippen LogP contribution is -2.45. The summed E-state index contributed by atoms with van der Waals surface area (Å²) in [6.45, 7) is 4.94. The lowest BCUT2D eigenvalue weighted by Gasteiger charge is -2.20. The molecule has 0 heterocycles. The number of allylic oxidation sites excluding steroid dienone is 1. The Hall–Kier alpha value is -1.40. The first-order valence-electron chi connectivity index (χ1n) is 34.0. The Labute approximate surface area is 463 Å². The Morgan fingerprint density at radius 2 is 0.622 bits per heavy atom. The van der Waals surface area contributed by atoms with Crippen LogP contribution in [0.1, 0.15) is 386 Å². The van der Waals surface area contributed by atoms with Gasteiger partial charge in [-0.05, 0) is 32.1 Å². The molecule has 0 spiro atoms. The third-order valence-corrected chi connectivity index (χ3v) is 16.1. The first-order chi connectivity index (χ1) is 36.5. The fourth-order valence-electron chi connectivity index (χ4n) is 10.9. The molecule has 0 rings (SSSR count). The number of aliphatic hydroxyl groups excluding tert-OH is 2. The average molecular weight is 1040 g/mol. The number of unbranched alkanes of at least 4 members (excludes halogenated alkanes) is 53. The standard InChI is InChI=1S/C68H133NO5/c1-3-5-7-9-11-13-15-17-19-20-27-31-34-38-42-46-50-54-58-62-68(73)74-63-59-55-51-47-43-39-35-32-29-26-24-22-21-23-25-28-30-33-37-41-45-49-53-57-61-67(72)69-65(64-70)66(71)60-56-52-48-44-40-36-18-16-14-12-10-8-6-4-2/h56,60,65-66,70-71H,3-55,57-59,61-64H2,1-2H3,(H,69,72)/b60-56+. The number of carbonyl (C=O) groups is 2. The van der Waals surface area contributed by atoms with Gasteiger partial charge >= 0.3 is 5.97 Å². The Bertz CT molecular complexity index is 1110. The van der Waals surface area contributed by atoms with E-state index >= 15 is 0 Å². The highest BCUT2D eigenvalue weighted by molar-refractivity contribution is 5.76. The van der Waals surface area contributed by atoms with Gasteiger partial charge in [0.25, 0.3) is 0 Å². The molecule has 0 fully saturated rings. The van der Waals surface area contributed by atoms with Crippen LogP contribution in [0.15, 0.2) is 12.2 Å². The molecule has 6 heteroatoms. The minimum absolute atomic E-state index is 0.0206. The number of hydrogen-bond acceptors (Lipinski definition) is 5. The van der Waals surface area contributed by atoms with E-state index in [0.717, 1.165) is 38.5 Å². The van der Waals surface area contributed by atoms with Gasteiger partial charge in [0.1, 0.15) is 0 Å². The average Bonchev–Trinajstić information content (AvgIpc) is 3.40. The summed E-state index contributed by atoms with van der Waals surface area (Å²) in [7, 11) is 0. The summed E-state index contributed by atoms with van der Waals surface area (Å²) in [5.41, 5.74) is 0. The molecular weight excluding hydrogens is 911 g/mol. The molecule has 0 aromatic heterocycles. The first kappa shape index (κ1) is 72.6. The molecule has 0 bridgehead atoms. The van der Waals surface area contributed by atoms with Gasteiger partial charge in [-0.15, -0.1) is 0 Å². The molecule has 74 heavy (non-hydrogen) atoms. The Morgan fingerprint density at radius 3 is 0.919 bits per heavy atom. The minimum Gasteiger partial charge on any atom is -0.466 e. The number of esters is 1. The fourth-order valence-corrected chi connectivity index (χ4v) is 10.9. The lowest BCUT2D eigenvalue weighted by molar-refractivity contribution is -0.143. The fraction of sp³-hybridized carbons (Fsp3) is 0.941. The minimum atomic E-state index is -0.842. The van der Waals surface area contributed by atoms with Gasteiger partial charge in [-0.25, -0.2) is 0 Å². The molecule has 0 saturated carbocycles. The van der Waals surface area contributed by atoms with E-state index in [-0.39, 0.29) is 18.5 Å². The van der Waals surface area contributed by atoms with E-state index < -0.39 is 12.1 Å². The van der Waals surface area contributed by atoms with E-state index in [1.807, 2.05) is 6.08 Å². The van der Waals surface area contributed by atoms with Crippen molar-refractivity contribution in [1.29, 1.82) is 0 Å². The summed E-state index contributed by atoms with van der Waals surface area (Å²) in [6.07, 6.45) is 78.5. The number of amides is 1. The van der Waals surface area contributed by atoms with E-state index in [4.69, 9.17) is 4.74 Å². The summed E-state index contributed by atoms with van der Waals surface area (Å²) >= 11 is 0. The monoisotopic (exact) mass is 1040 g/mol. The maximum atomic E-state index is 12.5. The molecule has 2 unspecified atom stereocenters. The zero-order valence-corrected chi connectivity index (χ0v) is 50.4. The summed E-state index contributed by atoms with van der Waals surface area (Å²) in [5.74, 6) is -0.0438. The maximum Gasteiger partial charge on any atom is 0.305 e. The predicted molar refractivity (Wildman–Crippen MR) is 324 cm³/mol. The molecular formula is C68H133NO5. The summed E-state index contributed by atoms with van der Waals surface area (Å²) < 4.78 is 5.51. The van der Waals surface area contributed by atoms with Crippen molar-refractivity contribution < 1.29 is 24.5 Å². The molecule has 0 radical (unpaired) electrons. The van der Waals surface area contributed by atoms with Crippen LogP contribution in [0, 0.1) is 0 Å². The topological polar surface area (TPSA) is 95.9 Å². The quantitative estimate of drug-likeness (QED) is 0.0320. The lowest BCUT2D eigenvalue weighted by atomic mass is 10.0. The van der Waals surface area contributed by atoms with E-state index in [0.29, 0.717) is 19.4 Å². The van der Waals surface area contributed by atoms with Crippen molar-refractivity contribution in [3.05, 3.63) is 12.2 Å². The van der Waals surface area contributed by atoms with Crippen molar-refractivity contribution in [2.45, 2.75) is 398 Å². The number of aliphatic hydroxyl groups is 2. The highest BCUT2D eigenvalue weighted by Crippen LogP contribution is 2.19. The third-order valence-electron chi connectivity index (χ3n) is 16.1. The van der Waals surface area contributed by atoms with Crippen LogP contribution in [0.25, 0.3) is 0 Å². The Balaban J connectivity index is 3.34. The van der Waals surface area contributed by atoms with Gasteiger partial charge in [-0.2, -0.15) is 0 Å². The van der Waals surface area contributed by atoms with Crippen LogP contribution in [0.4, 0.5) is 0 Å². The molecule has 0 aromatic carbocycles. The molecule has 2 atom stereocenters. The van der Waals surface area contributed by atoms with Gasteiger partial charge in [0.05, 0.1) is 25.4 Å². The summed E-state index contributed by atoms with van der Waals surface area (Å²) in [4.78, 5) is 24.6. The van der Waals surface area contributed by atoms with Crippen molar-refractivity contribution in [1.82, 2.24) is 5.32 Å². The van der Waals surface area contributed by atoms with Crippen molar-refractivity contribution in [3.8, 4) is 0 Å². The molecule has 0 aliphatic carbocycles. The number of nitrogens with one attached hydrogen (secondary N) is 1. The number of hydrogen-bond donors (Lipinski definition) is 3. The highest BCUT2D eigenvalue weighted by Gasteiger charge is 2.18. The van der Waals surface area contributed by atoms with Crippen molar-refractivity contribution >= 4 is 11.9 Å². The molecule has 1 amide bonds. The zero-order chi connectivity index (χ0) is 53.6. The highest BCUT2D eigenvalue weighted by atomic mass is 16.5. The first-order valence-corrected chi connectivity index (χ1v) is 34.0. The van der Waals surface area contributed by atoms with E-state index in [1.165, 1.54) is 321 Å². The second-order valence-corrected chi connectivity index (χ2v) is 23.5. The van der Waals surface area contributed by atoms with Crippen LogP contribution in [0.3, 0.4) is 0 Å². The summed E-state index contributed by atoms with van der Waals surface area (Å²) in [6, 6.07) is -0.626. The van der Waals surface area contributed by atoms with Gasteiger partial charge in [0.2, 0.25) is 5.91 Å². The molecule has 6 nitrogen and oxygen atoms in total. The van der Waals surface area contributed by atoms with Crippen LogP contribution >= 0.6 is 0 Å². The number of ether oxygens (including phenoxy) is 1. The normalized spacial score (nSPS) is 12.5. The molecule has 0 saturated heterocycles. The molecule has 0 aromatic rings. The van der Waals surface area contributed by atoms with Crippen molar-refractivity contribution in [2.24, 2.45) is 0 Å². The van der Waals surface area contributed by atoms with Crippen molar-refractivity contribution in [3.63, 3.8) is 0 Å². The Morgan fingerprint density at radius 1 is 0.365 bits per heavy atom. The molecule has 0 aliphatic heterocycles. The number of carbonyl (C=O) groups excluding carboxylic acids is 2. The number of rotatable bonds is 64. The van der Waals surface area contributed by atoms with E-state index in [9.17, 15) is 19.8 Å². The Kier molecular flexibility index (Phi) is 62.9. The van der Waals surface area contributed by atoms with Gasteiger partial charge in [-0.1, -0.05) is 353 Å². The maximum absolute atomic E-state index is 12.5. The van der Waals surface area contributed by atoms with Gasteiger partial charge in [0, 0.05) is 12.8 Å². The SMILES string of the molecule is CCCCCCCCCCCCCC/C=C/C(O)C(CO)NC(=O)CCCCCCCCCCCCCCCCCCCCCCCCCCOC(=O)CCCCCCCCCCCCCCCCCCCCC. The largest absolute Gasteiger partial charge is 0.466 e. The zero-order valence-electron chi connectivity index (χ0n) is 50.4. The third kappa shape index (κ3) is 59.8.